The van der Waals surface area contributed by atoms with Crippen molar-refractivity contribution in [1.82, 2.24) is 0 Å². The van der Waals surface area contributed by atoms with E-state index in [2.05, 4.69) is 4.74 Å². The first-order valence-electron chi connectivity index (χ1n) is 8.74. The lowest BCUT2D eigenvalue weighted by molar-refractivity contribution is -0.140. The molecule has 0 saturated heterocycles. The summed E-state index contributed by atoms with van der Waals surface area (Å²) in [5, 5.41) is 18.7. The first kappa shape index (κ1) is 21.1. The van der Waals surface area contributed by atoms with Crippen LogP contribution < -0.4 is 9.47 Å². The Bertz CT molecular complexity index is 722. The van der Waals surface area contributed by atoms with E-state index in [1.165, 1.54) is 18.4 Å². The van der Waals surface area contributed by atoms with Crippen LogP contribution in [0.3, 0.4) is 0 Å². The average molecular weight is 396 g/mol. The summed E-state index contributed by atoms with van der Waals surface area (Å²) in [7, 11) is 1.29. The van der Waals surface area contributed by atoms with Gasteiger partial charge >= 0.3 is 5.97 Å². The topological polar surface area (TPSA) is 102 Å². The number of aliphatic hydroxyl groups excluding tert-OH is 2. The molecule has 148 valence electrons. The monoisotopic (exact) mass is 396 g/mol. The Hall–Kier alpha value is -2.16. The summed E-state index contributed by atoms with van der Waals surface area (Å²) >= 11 is 1.33. The molecule has 0 aliphatic carbocycles. The quantitative estimate of drug-likeness (QED) is 0.323. The number of ether oxygens (including phenoxy) is 3. The van der Waals surface area contributed by atoms with Crippen molar-refractivity contribution in [3.05, 3.63) is 23.1 Å². The Morgan fingerprint density at radius 2 is 1.59 bits per heavy atom. The molecule has 1 aromatic heterocycles. The lowest BCUT2D eigenvalue weighted by atomic mass is 10.1. The van der Waals surface area contributed by atoms with Gasteiger partial charge in [0, 0.05) is 43.2 Å². The molecule has 1 heterocycles. The van der Waals surface area contributed by atoms with Gasteiger partial charge in [-0.15, -0.1) is 11.3 Å². The summed E-state index contributed by atoms with van der Waals surface area (Å²) in [6.45, 7) is 0.739. The Morgan fingerprint density at radius 3 is 2.19 bits per heavy atom. The highest BCUT2D eigenvalue weighted by Crippen LogP contribution is 2.37. The fraction of sp³-hybridized carbons (Fsp3) is 0.474. The molecular weight excluding hydrogens is 372 g/mol. The zero-order valence-electron chi connectivity index (χ0n) is 15.2. The first-order chi connectivity index (χ1) is 13.1. The molecule has 2 rings (SSSR count). The number of aliphatic hydroxyl groups is 2. The van der Waals surface area contributed by atoms with Crippen LogP contribution in [0.2, 0.25) is 0 Å². The minimum Gasteiger partial charge on any atom is -0.490 e. The van der Waals surface area contributed by atoms with Gasteiger partial charge in [0.25, 0.3) is 0 Å². The van der Waals surface area contributed by atoms with Gasteiger partial charge in [0.1, 0.15) is 0 Å². The molecule has 0 saturated carbocycles. The third kappa shape index (κ3) is 6.20. The Labute approximate surface area is 161 Å². The van der Waals surface area contributed by atoms with Crippen molar-refractivity contribution in [3.63, 3.8) is 0 Å². The van der Waals surface area contributed by atoms with Gasteiger partial charge in [-0.05, 0) is 17.5 Å². The van der Waals surface area contributed by atoms with E-state index in [-0.39, 0.29) is 31.8 Å². The Morgan fingerprint density at radius 1 is 0.963 bits per heavy atom. The smallest absolute Gasteiger partial charge is 0.305 e. The van der Waals surface area contributed by atoms with E-state index in [4.69, 9.17) is 19.7 Å². The van der Waals surface area contributed by atoms with Gasteiger partial charge < -0.3 is 24.4 Å². The van der Waals surface area contributed by atoms with Crippen molar-refractivity contribution >= 4 is 33.2 Å². The average Bonchev–Trinajstić information content (AvgIpc) is 3.09. The van der Waals surface area contributed by atoms with Crippen molar-refractivity contribution in [2.24, 2.45) is 0 Å². The number of benzene rings is 1. The summed E-state index contributed by atoms with van der Waals surface area (Å²) in [6.07, 6.45) is 1.14. The number of esters is 1. The van der Waals surface area contributed by atoms with Crippen LogP contribution in [0.4, 0.5) is 0 Å². The maximum Gasteiger partial charge on any atom is 0.305 e. The minimum absolute atomic E-state index is 0.0280. The maximum atomic E-state index is 12.3. The third-order valence-electron chi connectivity index (χ3n) is 3.76. The number of hydrogen-bond donors (Lipinski definition) is 2. The molecule has 0 fully saturated rings. The van der Waals surface area contributed by atoms with E-state index < -0.39 is 5.97 Å². The highest BCUT2D eigenvalue weighted by Gasteiger charge is 2.15. The molecule has 27 heavy (non-hydrogen) atoms. The fourth-order valence-corrected chi connectivity index (χ4v) is 3.38. The van der Waals surface area contributed by atoms with Crippen molar-refractivity contribution in [2.75, 3.05) is 33.5 Å². The van der Waals surface area contributed by atoms with Crippen molar-refractivity contribution in [1.29, 1.82) is 0 Å². The second-order valence-corrected chi connectivity index (χ2v) is 6.88. The molecule has 0 unspecified atom stereocenters. The molecule has 0 spiro atoms. The molecule has 2 aromatic rings. The lowest BCUT2D eigenvalue weighted by Gasteiger charge is -2.12. The Balaban J connectivity index is 2.21. The molecule has 0 atom stereocenters. The predicted molar refractivity (Wildman–Crippen MR) is 102 cm³/mol. The SMILES string of the molecule is COC(=O)CCC(=O)c1cc2cc(OCCCO)c(OCCCO)cc2s1. The van der Waals surface area contributed by atoms with Crippen LogP contribution in [0.15, 0.2) is 18.2 Å². The summed E-state index contributed by atoms with van der Waals surface area (Å²) in [6, 6.07) is 5.38. The number of hydrogen-bond acceptors (Lipinski definition) is 8. The summed E-state index contributed by atoms with van der Waals surface area (Å²) < 4.78 is 16.8. The molecule has 1 aromatic carbocycles. The standard InChI is InChI=1S/C19H24O7S/c1-24-19(23)5-4-14(22)18-11-13-10-15(25-8-2-6-20)16(12-17(13)27-18)26-9-3-7-21/h10-12,20-21H,2-9H2,1H3. The van der Waals surface area contributed by atoms with E-state index in [0.29, 0.717) is 42.4 Å². The zero-order chi connectivity index (χ0) is 19.6. The molecule has 7 nitrogen and oxygen atoms in total. The van der Waals surface area contributed by atoms with Crippen LogP contribution in [0.25, 0.3) is 10.1 Å². The number of thiophene rings is 1. The van der Waals surface area contributed by atoms with Gasteiger partial charge in [-0.3, -0.25) is 9.59 Å². The summed E-state index contributed by atoms with van der Waals surface area (Å²) in [5.74, 6) is 0.528. The van der Waals surface area contributed by atoms with Crippen molar-refractivity contribution < 1.29 is 34.0 Å². The number of carbonyl (C=O) groups excluding carboxylic acids is 2. The molecule has 0 aliphatic rings. The number of fused-ring (bicyclic) bond motifs is 1. The van der Waals surface area contributed by atoms with Gasteiger partial charge in [0.15, 0.2) is 17.3 Å². The number of methoxy groups -OCH3 is 1. The van der Waals surface area contributed by atoms with Crippen LogP contribution in [0.1, 0.15) is 35.4 Å². The number of ketones is 1. The zero-order valence-corrected chi connectivity index (χ0v) is 16.0. The van der Waals surface area contributed by atoms with Crippen molar-refractivity contribution in [3.8, 4) is 11.5 Å². The predicted octanol–water partition coefficient (Wildman–Crippen LogP) is 2.56. The van der Waals surface area contributed by atoms with Crippen LogP contribution in [0, 0.1) is 0 Å². The molecular formula is C19H24O7S. The minimum atomic E-state index is -0.413. The van der Waals surface area contributed by atoms with Crippen LogP contribution in [-0.2, 0) is 9.53 Å². The fourth-order valence-electron chi connectivity index (χ4n) is 2.34. The molecule has 8 heteroatoms. The van der Waals surface area contributed by atoms with Gasteiger partial charge in [-0.25, -0.2) is 0 Å². The highest BCUT2D eigenvalue weighted by molar-refractivity contribution is 7.20. The van der Waals surface area contributed by atoms with Gasteiger partial charge in [0.2, 0.25) is 0 Å². The second kappa shape index (κ2) is 10.9. The summed E-state index contributed by atoms with van der Waals surface area (Å²) in [5.41, 5.74) is 0. The van der Waals surface area contributed by atoms with E-state index in [1.54, 1.807) is 12.1 Å². The number of carbonyl (C=O) groups is 2. The first-order valence-corrected chi connectivity index (χ1v) is 9.55. The highest BCUT2D eigenvalue weighted by atomic mass is 32.1. The molecule has 0 bridgehead atoms. The van der Waals surface area contributed by atoms with E-state index in [1.807, 2.05) is 6.07 Å². The van der Waals surface area contributed by atoms with E-state index in [0.717, 1.165) is 10.1 Å². The normalized spacial score (nSPS) is 10.8. The van der Waals surface area contributed by atoms with Gasteiger partial charge in [0.05, 0.1) is 31.6 Å². The molecule has 0 amide bonds. The maximum absolute atomic E-state index is 12.3. The second-order valence-electron chi connectivity index (χ2n) is 5.80. The largest absolute Gasteiger partial charge is 0.490 e. The molecule has 2 N–H and O–H groups in total. The van der Waals surface area contributed by atoms with Crippen molar-refractivity contribution in [2.45, 2.75) is 25.7 Å². The van der Waals surface area contributed by atoms with Crippen LogP contribution in [-0.4, -0.2) is 55.5 Å². The van der Waals surface area contributed by atoms with Gasteiger partial charge in [-0.1, -0.05) is 0 Å². The van der Waals surface area contributed by atoms with Crippen LogP contribution >= 0.6 is 11.3 Å². The van der Waals surface area contributed by atoms with E-state index in [9.17, 15) is 9.59 Å². The Kier molecular flexibility index (Phi) is 8.50. The summed E-state index contributed by atoms with van der Waals surface area (Å²) in [4.78, 5) is 24.1. The lowest BCUT2D eigenvalue weighted by Crippen LogP contribution is -2.04. The number of rotatable bonds is 12. The van der Waals surface area contributed by atoms with E-state index >= 15 is 0 Å². The molecule has 0 aliphatic heterocycles. The van der Waals surface area contributed by atoms with Crippen LogP contribution in [0.5, 0.6) is 11.5 Å². The third-order valence-corrected chi connectivity index (χ3v) is 4.90. The molecule has 0 radical (unpaired) electrons. The van der Waals surface area contributed by atoms with Gasteiger partial charge in [-0.2, -0.15) is 0 Å². The number of Topliss-reactive ketones (excluding diaryl/α,β-unsaturated/α-hetero) is 1.